The lowest BCUT2D eigenvalue weighted by molar-refractivity contribution is 0.0929. The Morgan fingerprint density at radius 3 is 3.00 bits per heavy atom. The normalized spacial score (nSPS) is 16.2. The zero-order valence-corrected chi connectivity index (χ0v) is 15.6. The van der Waals surface area contributed by atoms with Crippen molar-refractivity contribution in [1.82, 2.24) is 14.9 Å². The van der Waals surface area contributed by atoms with Crippen LogP contribution in [0.1, 0.15) is 34.1 Å². The number of benzene rings is 1. The summed E-state index contributed by atoms with van der Waals surface area (Å²) in [4.78, 5) is 17.3. The van der Waals surface area contributed by atoms with Crippen LogP contribution in [0.15, 0.2) is 41.6 Å². The number of aromatic nitrogens is 2. The van der Waals surface area contributed by atoms with Gasteiger partial charge in [0.25, 0.3) is 5.91 Å². The molecule has 2 aromatic heterocycles. The number of pyridine rings is 1. The van der Waals surface area contributed by atoms with Crippen LogP contribution in [0.25, 0.3) is 10.9 Å². The second-order valence-electron chi connectivity index (χ2n) is 6.28. The van der Waals surface area contributed by atoms with Crippen LogP contribution in [0.4, 0.5) is 0 Å². The Bertz CT molecular complexity index is 982. The third kappa shape index (κ3) is 2.92. The van der Waals surface area contributed by atoms with Gasteiger partial charge in [-0.3, -0.25) is 4.79 Å². The summed E-state index contributed by atoms with van der Waals surface area (Å²) in [5, 5.41) is 5.87. The predicted octanol–water partition coefficient (Wildman–Crippen LogP) is 4.37. The summed E-state index contributed by atoms with van der Waals surface area (Å²) < 4.78 is 1.89. The molecule has 1 aliphatic rings. The molecule has 1 aliphatic carbocycles. The van der Waals surface area contributed by atoms with Crippen molar-refractivity contribution in [3.05, 3.63) is 58.4 Å². The average Bonchev–Trinajstić information content (AvgIpc) is 3.16. The van der Waals surface area contributed by atoms with E-state index in [1.165, 1.54) is 5.56 Å². The Morgan fingerprint density at radius 2 is 2.20 bits per heavy atom. The van der Waals surface area contributed by atoms with Gasteiger partial charge >= 0.3 is 0 Å². The number of nitrogens with zero attached hydrogens (tertiary/aromatic N) is 2. The summed E-state index contributed by atoms with van der Waals surface area (Å²) in [5.74, 6) is -0.0679. The van der Waals surface area contributed by atoms with E-state index >= 15 is 0 Å². The molecule has 128 valence electrons. The van der Waals surface area contributed by atoms with E-state index in [9.17, 15) is 4.79 Å². The average molecular weight is 372 g/mol. The number of hydrogen-bond donors (Lipinski definition) is 1. The molecule has 3 aromatic rings. The van der Waals surface area contributed by atoms with Crippen molar-refractivity contribution in [3.8, 4) is 0 Å². The summed E-state index contributed by atoms with van der Waals surface area (Å²) in [6.45, 7) is 0. The minimum Gasteiger partial charge on any atom is -0.344 e. The number of halogens is 1. The number of rotatable bonds is 3. The molecule has 2 heterocycles. The lowest BCUT2D eigenvalue weighted by Gasteiger charge is -2.14. The number of aryl methyl sites for hydroxylation is 2. The molecule has 1 aromatic carbocycles. The number of hydrogen-bond acceptors (Lipinski definition) is 3. The van der Waals surface area contributed by atoms with E-state index in [1.54, 1.807) is 11.8 Å². The molecule has 0 bridgehead atoms. The fourth-order valence-electron chi connectivity index (χ4n) is 3.49. The SMILES string of the molecule is CSc1cc2c(cn1)C(NC(=O)c1cc3ccc(Cl)cc3n1C)CC2. The zero-order valence-electron chi connectivity index (χ0n) is 14.0. The third-order valence-corrected chi connectivity index (χ3v) is 5.71. The van der Waals surface area contributed by atoms with Crippen LogP contribution < -0.4 is 5.32 Å². The highest BCUT2D eigenvalue weighted by molar-refractivity contribution is 7.98. The number of nitrogens with one attached hydrogen (secondary N) is 1. The third-order valence-electron chi connectivity index (χ3n) is 4.83. The van der Waals surface area contributed by atoms with Crippen LogP contribution in [0, 0.1) is 0 Å². The first-order chi connectivity index (χ1) is 12.1. The molecule has 0 radical (unpaired) electrons. The van der Waals surface area contributed by atoms with E-state index in [2.05, 4.69) is 16.4 Å². The summed E-state index contributed by atoms with van der Waals surface area (Å²) in [5.41, 5.74) is 4.01. The van der Waals surface area contributed by atoms with Crippen LogP contribution in [0.3, 0.4) is 0 Å². The molecule has 4 rings (SSSR count). The van der Waals surface area contributed by atoms with Gasteiger partial charge in [0.2, 0.25) is 0 Å². The van der Waals surface area contributed by atoms with Crippen molar-refractivity contribution >= 4 is 40.2 Å². The van der Waals surface area contributed by atoms with Crippen LogP contribution in [-0.2, 0) is 13.5 Å². The summed E-state index contributed by atoms with van der Waals surface area (Å²) >= 11 is 7.72. The van der Waals surface area contributed by atoms with Crippen LogP contribution in [0.2, 0.25) is 5.02 Å². The first-order valence-corrected chi connectivity index (χ1v) is 9.75. The minimum atomic E-state index is -0.0679. The smallest absolute Gasteiger partial charge is 0.268 e. The maximum Gasteiger partial charge on any atom is 0.268 e. The van der Waals surface area contributed by atoms with Gasteiger partial charge in [0.15, 0.2) is 0 Å². The molecular weight excluding hydrogens is 354 g/mol. The molecule has 4 nitrogen and oxygen atoms in total. The van der Waals surface area contributed by atoms with E-state index < -0.39 is 0 Å². The highest BCUT2D eigenvalue weighted by atomic mass is 35.5. The van der Waals surface area contributed by atoms with Crippen LogP contribution in [0.5, 0.6) is 0 Å². The first kappa shape index (κ1) is 16.5. The summed E-state index contributed by atoms with van der Waals surface area (Å²) in [6.07, 6.45) is 5.81. The predicted molar refractivity (Wildman–Crippen MR) is 102 cm³/mol. The van der Waals surface area contributed by atoms with E-state index in [4.69, 9.17) is 11.6 Å². The Morgan fingerprint density at radius 1 is 1.36 bits per heavy atom. The molecule has 1 atom stereocenters. The topological polar surface area (TPSA) is 46.9 Å². The van der Waals surface area contributed by atoms with Crippen LogP contribution in [-0.4, -0.2) is 21.7 Å². The number of carbonyl (C=O) groups excluding carboxylic acids is 1. The highest BCUT2D eigenvalue weighted by Gasteiger charge is 2.26. The highest BCUT2D eigenvalue weighted by Crippen LogP contribution is 2.33. The second kappa shape index (κ2) is 6.39. The standard InChI is InChI=1S/C19H18ClN3OS/c1-23-16-9-13(20)5-3-12(16)7-17(23)19(24)22-15-6-4-11-8-18(25-2)21-10-14(11)15/h3,5,7-10,15H,4,6H2,1-2H3,(H,22,24). The van der Waals surface area contributed by atoms with Crippen molar-refractivity contribution in [2.45, 2.75) is 23.9 Å². The van der Waals surface area contributed by atoms with Crippen molar-refractivity contribution in [1.29, 1.82) is 0 Å². The molecule has 0 saturated carbocycles. The van der Waals surface area contributed by atoms with Gasteiger partial charge in [0.05, 0.1) is 11.1 Å². The maximum absolute atomic E-state index is 12.8. The van der Waals surface area contributed by atoms with Crippen molar-refractivity contribution in [3.63, 3.8) is 0 Å². The van der Waals surface area contributed by atoms with E-state index in [-0.39, 0.29) is 11.9 Å². The molecule has 1 unspecified atom stereocenters. The number of carbonyl (C=O) groups is 1. The largest absolute Gasteiger partial charge is 0.344 e. The van der Waals surface area contributed by atoms with Gasteiger partial charge in [-0.1, -0.05) is 17.7 Å². The number of thioether (sulfide) groups is 1. The monoisotopic (exact) mass is 371 g/mol. The van der Waals surface area contributed by atoms with Crippen LogP contribution >= 0.6 is 23.4 Å². The Kier molecular flexibility index (Phi) is 4.21. The first-order valence-electron chi connectivity index (χ1n) is 8.15. The molecule has 0 fully saturated rings. The number of amides is 1. The molecule has 6 heteroatoms. The van der Waals surface area contributed by atoms with E-state index in [1.807, 2.05) is 48.3 Å². The second-order valence-corrected chi connectivity index (χ2v) is 7.54. The number of fused-ring (bicyclic) bond motifs is 2. The molecule has 1 N–H and O–H groups in total. The quantitative estimate of drug-likeness (QED) is 0.695. The van der Waals surface area contributed by atoms with Gasteiger partial charge in [-0.2, -0.15) is 0 Å². The van der Waals surface area contributed by atoms with Crippen molar-refractivity contribution in [2.75, 3.05) is 6.26 Å². The van der Waals surface area contributed by atoms with Gasteiger partial charge in [0.1, 0.15) is 5.69 Å². The Hall–Kier alpha value is -1.98. The van der Waals surface area contributed by atoms with Gasteiger partial charge in [0, 0.05) is 29.2 Å². The van der Waals surface area contributed by atoms with Gasteiger partial charge < -0.3 is 9.88 Å². The lowest BCUT2D eigenvalue weighted by atomic mass is 10.1. The fraction of sp³-hybridized carbons (Fsp3) is 0.263. The van der Waals surface area contributed by atoms with Gasteiger partial charge in [-0.15, -0.1) is 11.8 Å². The van der Waals surface area contributed by atoms with Crippen molar-refractivity contribution in [2.24, 2.45) is 7.05 Å². The molecule has 0 spiro atoms. The molecule has 0 saturated heterocycles. The lowest BCUT2D eigenvalue weighted by Crippen LogP contribution is -2.28. The maximum atomic E-state index is 12.8. The Labute approximate surface area is 155 Å². The fourth-order valence-corrected chi connectivity index (χ4v) is 4.07. The molecule has 0 aliphatic heterocycles. The van der Waals surface area contributed by atoms with Gasteiger partial charge in [-0.25, -0.2) is 4.98 Å². The van der Waals surface area contributed by atoms with E-state index in [0.29, 0.717) is 10.7 Å². The van der Waals surface area contributed by atoms with Crippen molar-refractivity contribution < 1.29 is 4.79 Å². The zero-order chi connectivity index (χ0) is 17.6. The van der Waals surface area contributed by atoms with Gasteiger partial charge in [-0.05, 0) is 54.5 Å². The molecule has 1 amide bonds. The molecule has 25 heavy (non-hydrogen) atoms. The summed E-state index contributed by atoms with van der Waals surface area (Å²) in [7, 11) is 1.89. The minimum absolute atomic E-state index is 0.0208. The summed E-state index contributed by atoms with van der Waals surface area (Å²) in [6, 6.07) is 9.72. The Balaban J connectivity index is 1.61. The van der Waals surface area contributed by atoms with E-state index in [0.717, 1.165) is 34.3 Å². The molecular formula is C19H18ClN3OS.